The summed E-state index contributed by atoms with van der Waals surface area (Å²) in [6.45, 7) is 5.17. The molecular weight excluding hydrogens is 408 g/mol. The second-order valence-electron chi connectivity index (χ2n) is 7.53. The Balaban J connectivity index is 1.55. The number of ether oxygens (including phenoxy) is 4. The van der Waals surface area contributed by atoms with Crippen LogP contribution in [0.25, 0.3) is 0 Å². The smallest absolute Gasteiger partial charge is 0.194 e. The molecule has 8 heteroatoms. The number of benzene rings is 2. The summed E-state index contributed by atoms with van der Waals surface area (Å²) in [5.74, 6) is 4.09. The van der Waals surface area contributed by atoms with E-state index >= 15 is 0 Å². The third-order valence-corrected chi connectivity index (χ3v) is 5.66. The number of methoxy groups -OCH3 is 4. The highest BCUT2D eigenvalue weighted by molar-refractivity contribution is 5.80. The Kier molecular flexibility index (Phi) is 8.44. The van der Waals surface area contributed by atoms with Gasteiger partial charge in [0.2, 0.25) is 0 Å². The number of nitrogens with one attached hydrogen (secondary N) is 1. The maximum atomic E-state index is 5.53. The quantitative estimate of drug-likeness (QED) is 0.498. The van der Waals surface area contributed by atoms with Crippen LogP contribution in [0.3, 0.4) is 0 Å². The summed E-state index contributed by atoms with van der Waals surface area (Å²) in [5.41, 5.74) is 2.24. The van der Waals surface area contributed by atoms with Crippen molar-refractivity contribution in [3.8, 4) is 23.0 Å². The van der Waals surface area contributed by atoms with Crippen molar-refractivity contribution in [2.75, 3.05) is 61.7 Å². The molecule has 1 fully saturated rings. The average Bonchev–Trinajstić information content (AvgIpc) is 2.85. The van der Waals surface area contributed by atoms with Crippen LogP contribution in [0.5, 0.6) is 23.0 Å². The van der Waals surface area contributed by atoms with Gasteiger partial charge in [-0.3, -0.25) is 9.89 Å². The molecule has 1 N–H and O–H groups in total. The lowest BCUT2D eigenvalue weighted by Gasteiger charge is -2.36. The Morgan fingerprint density at radius 3 is 2.16 bits per heavy atom. The lowest BCUT2D eigenvalue weighted by atomic mass is 10.1. The van der Waals surface area contributed by atoms with E-state index < -0.39 is 0 Å². The van der Waals surface area contributed by atoms with Gasteiger partial charge in [0.1, 0.15) is 11.5 Å². The van der Waals surface area contributed by atoms with Crippen molar-refractivity contribution < 1.29 is 18.9 Å². The topological polar surface area (TPSA) is 67.8 Å². The van der Waals surface area contributed by atoms with Crippen molar-refractivity contribution in [2.45, 2.75) is 13.1 Å². The molecule has 0 atom stereocenters. The number of hydrogen-bond donors (Lipinski definition) is 1. The molecule has 32 heavy (non-hydrogen) atoms. The lowest BCUT2D eigenvalue weighted by molar-refractivity contribution is 0.171. The first-order valence-corrected chi connectivity index (χ1v) is 10.7. The van der Waals surface area contributed by atoms with E-state index in [4.69, 9.17) is 18.9 Å². The van der Waals surface area contributed by atoms with Crippen LogP contribution < -0.4 is 24.3 Å². The van der Waals surface area contributed by atoms with Gasteiger partial charge in [-0.1, -0.05) is 6.07 Å². The third kappa shape index (κ3) is 5.76. The maximum absolute atomic E-state index is 5.53. The fourth-order valence-electron chi connectivity index (χ4n) is 3.87. The number of piperazine rings is 1. The van der Waals surface area contributed by atoms with E-state index in [1.165, 1.54) is 0 Å². The van der Waals surface area contributed by atoms with E-state index in [-0.39, 0.29) is 0 Å². The number of rotatable bonds is 8. The van der Waals surface area contributed by atoms with Gasteiger partial charge in [0, 0.05) is 51.9 Å². The molecule has 3 rings (SSSR count). The normalized spacial score (nSPS) is 14.8. The van der Waals surface area contributed by atoms with Gasteiger partial charge in [0.15, 0.2) is 17.5 Å². The first-order valence-electron chi connectivity index (χ1n) is 10.7. The summed E-state index contributed by atoms with van der Waals surface area (Å²) < 4.78 is 21.6. The monoisotopic (exact) mass is 442 g/mol. The Hall–Kier alpha value is -3.13. The summed E-state index contributed by atoms with van der Waals surface area (Å²) in [6, 6.07) is 11.9. The molecule has 1 heterocycles. The lowest BCUT2D eigenvalue weighted by Crippen LogP contribution is -2.52. The molecule has 0 aromatic heterocycles. The van der Waals surface area contributed by atoms with Gasteiger partial charge in [-0.25, -0.2) is 0 Å². The molecule has 0 spiro atoms. The van der Waals surface area contributed by atoms with Gasteiger partial charge in [0.05, 0.1) is 28.4 Å². The zero-order chi connectivity index (χ0) is 22.9. The fourth-order valence-corrected chi connectivity index (χ4v) is 3.87. The van der Waals surface area contributed by atoms with Crippen molar-refractivity contribution >= 4 is 5.96 Å². The molecule has 2 aromatic carbocycles. The van der Waals surface area contributed by atoms with Gasteiger partial charge >= 0.3 is 0 Å². The number of hydrogen-bond acceptors (Lipinski definition) is 6. The molecule has 0 unspecified atom stereocenters. The van der Waals surface area contributed by atoms with Gasteiger partial charge in [-0.2, -0.15) is 0 Å². The molecule has 1 aliphatic heterocycles. The van der Waals surface area contributed by atoms with E-state index in [0.717, 1.165) is 72.8 Å². The predicted molar refractivity (Wildman–Crippen MR) is 126 cm³/mol. The minimum absolute atomic E-state index is 0.661. The highest BCUT2D eigenvalue weighted by Crippen LogP contribution is 2.28. The van der Waals surface area contributed by atoms with Crippen molar-refractivity contribution in [1.82, 2.24) is 15.1 Å². The zero-order valence-electron chi connectivity index (χ0n) is 19.7. The fraction of sp³-hybridized carbons (Fsp3) is 0.458. The minimum atomic E-state index is 0.661. The summed E-state index contributed by atoms with van der Waals surface area (Å²) in [7, 11) is 8.50. The van der Waals surface area contributed by atoms with Crippen molar-refractivity contribution in [3.63, 3.8) is 0 Å². The number of nitrogens with zero attached hydrogens (tertiary/aromatic N) is 3. The Bertz CT molecular complexity index is 911. The van der Waals surface area contributed by atoms with Gasteiger partial charge in [-0.05, 0) is 35.9 Å². The zero-order valence-corrected chi connectivity index (χ0v) is 19.7. The minimum Gasteiger partial charge on any atom is -0.497 e. The SMILES string of the molecule is CN=C(NCc1ccc(OC)c(OC)c1)N1CCN(Cc2cc(OC)ccc2OC)CC1. The molecule has 0 amide bonds. The van der Waals surface area contributed by atoms with Crippen LogP contribution in [0.15, 0.2) is 41.4 Å². The van der Waals surface area contributed by atoms with Gasteiger partial charge in [-0.15, -0.1) is 0 Å². The van der Waals surface area contributed by atoms with E-state index in [0.29, 0.717) is 6.54 Å². The maximum Gasteiger partial charge on any atom is 0.194 e. The Morgan fingerprint density at radius 2 is 1.53 bits per heavy atom. The number of aliphatic imine (C=N–C) groups is 1. The summed E-state index contributed by atoms with van der Waals surface area (Å²) in [4.78, 5) is 9.20. The van der Waals surface area contributed by atoms with E-state index in [9.17, 15) is 0 Å². The van der Waals surface area contributed by atoms with E-state index in [1.807, 2.05) is 37.4 Å². The molecule has 1 saturated heterocycles. The van der Waals surface area contributed by atoms with Crippen LogP contribution in [0.4, 0.5) is 0 Å². The van der Waals surface area contributed by atoms with Crippen molar-refractivity contribution in [3.05, 3.63) is 47.5 Å². The molecule has 0 aliphatic carbocycles. The molecule has 0 bridgehead atoms. The third-order valence-electron chi connectivity index (χ3n) is 5.66. The predicted octanol–water partition coefficient (Wildman–Crippen LogP) is 2.61. The van der Waals surface area contributed by atoms with E-state index in [2.05, 4.69) is 26.2 Å². The van der Waals surface area contributed by atoms with Gasteiger partial charge in [0.25, 0.3) is 0 Å². The first-order chi connectivity index (χ1) is 15.6. The van der Waals surface area contributed by atoms with Crippen LogP contribution in [0.2, 0.25) is 0 Å². The van der Waals surface area contributed by atoms with Crippen LogP contribution in [0.1, 0.15) is 11.1 Å². The van der Waals surface area contributed by atoms with Crippen LogP contribution in [-0.4, -0.2) is 77.4 Å². The molecule has 8 nitrogen and oxygen atoms in total. The first kappa shape index (κ1) is 23.5. The molecule has 0 radical (unpaired) electrons. The van der Waals surface area contributed by atoms with Crippen molar-refractivity contribution in [2.24, 2.45) is 4.99 Å². The summed E-state index contributed by atoms with van der Waals surface area (Å²) in [6.07, 6.45) is 0. The van der Waals surface area contributed by atoms with Gasteiger partial charge < -0.3 is 29.2 Å². The Morgan fingerprint density at radius 1 is 0.844 bits per heavy atom. The van der Waals surface area contributed by atoms with E-state index in [1.54, 1.807) is 28.4 Å². The van der Waals surface area contributed by atoms with Crippen LogP contribution in [-0.2, 0) is 13.1 Å². The molecule has 0 saturated carbocycles. The molecule has 174 valence electrons. The number of guanidine groups is 1. The van der Waals surface area contributed by atoms with Crippen LogP contribution in [0, 0.1) is 0 Å². The highest BCUT2D eigenvalue weighted by Gasteiger charge is 2.21. The van der Waals surface area contributed by atoms with Crippen molar-refractivity contribution in [1.29, 1.82) is 0 Å². The molecule has 1 aliphatic rings. The summed E-state index contributed by atoms with van der Waals surface area (Å²) in [5, 5.41) is 3.47. The average molecular weight is 443 g/mol. The highest BCUT2D eigenvalue weighted by atomic mass is 16.5. The van der Waals surface area contributed by atoms with Crippen LogP contribution >= 0.6 is 0 Å². The Labute approximate surface area is 190 Å². The second kappa shape index (κ2) is 11.5. The molecular formula is C24H34N4O4. The summed E-state index contributed by atoms with van der Waals surface area (Å²) >= 11 is 0. The largest absolute Gasteiger partial charge is 0.497 e. The standard InChI is InChI=1S/C24H34N4O4/c1-25-24(26-16-18-6-8-22(31-4)23(14-18)32-5)28-12-10-27(11-13-28)17-19-15-20(29-2)7-9-21(19)30-3/h6-9,14-15H,10-13,16-17H2,1-5H3,(H,25,26). The molecule has 2 aromatic rings. The second-order valence-corrected chi connectivity index (χ2v) is 7.53.